The third-order valence-electron chi connectivity index (χ3n) is 3.83. The minimum atomic E-state index is 1.39. The van der Waals surface area contributed by atoms with Gasteiger partial charge in [-0.15, -0.1) is 68.0 Å². The van der Waals surface area contributed by atoms with Crippen LogP contribution in [0.3, 0.4) is 0 Å². The van der Waals surface area contributed by atoms with Crippen molar-refractivity contribution in [3.8, 4) is 9.75 Å². The van der Waals surface area contributed by atoms with Gasteiger partial charge in [0.15, 0.2) is 0 Å². The van der Waals surface area contributed by atoms with Crippen LogP contribution in [0.5, 0.6) is 0 Å². The monoisotopic (exact) mass is 642 g/mol. The lowest BCUT2D eigenvalue weighted by molar-refractivity contribution is 2.06. The zero-order valence-electron chi connectivity index (χ0n) is 11.5. The minimum Gasteiger partial charge on any atom is -0.133 e. The van der Waals surface area contributed by atoms with E-state index in [4.69, 9.17) is 0 Å². The Labute approximate surface area is 188 Å². The molecule has 0 bridgehead atoms. The van der Waals surface area contributed by atoms with Gasteiger partial charge in [0, 0.05) is 28.6 Å². The van der Waals surface area contributed by atoms with Crippen LogP contribution in [0.15, 0.2) is 24.3 Å². The van der Waals surface area contributed by atoms with E-state index in [-0.39, 0.29) is 0 Å². The summed E-state index contributed by atoms with van der Waals surface area (Å²) in [5, 5.41) is 0. The summed E-state index contributed by atoms with van der Waals surface area (Å²) in [6, 6.07) is 9.42. The summed E-state index contributed by atoms with van der Waals surface area (Å²) in [5.41, 5.74) is 0. The van der Waals surface area contributed by atoms with Crippen LogP contribution in [-0.2, 0) is 0 Å². The third kappa shape index (κ3) is 2.26. The molecule has 0 radical (unpaired) electrons. The van der Waals surface area contributed by atoms with Crippen molar-refractivity contribution in [2.45, 2.75) is 0 Å². The van der Waals surface area contributed by atoms with Crippen molar-refractivity contribution in [3.63, 3.8) is 0 Å². The Kier molecular flexibility index (Phi) is 3.67. The van der Waals surface area contributed by atoms with Crippen molar-refractivity contribution in [2.75, 3.05) is 0 Å². The smallest absolute Gasteiger partial charge is 0.0674 e. The number of hydrogen-bond donors (Lipinski definition) is 0. The Bertz CT molecular complexity index is 1270. The molecule has 6 rings (SSSR count). The summed E-state index contributed by atoms with van der Waals surface area (Å²) in [4.78, 5) is 2.85. The molecule has 0 aliphatic heterocycles. The van der Waals surface area contributed by atoms with Crippen LogP contribution in [0.2, 0.25) is 0 Å². The Hall–Kier alpha value is 0.700. The van der Waals surface area contributed by atoms with Crippen LogP contribution in [-0.4, -0.2) is 0 Å². The maximum Gasteiger partial charge on any atom is 0.0674 e. The highest BCUT2D eigenvalue weighted by atomic mass is 127. The van der Waals surface area contributed by atoms with Gasteiger partial charge in [-0.3, -0.25) is 0 Å². The van der Waals surface area contributed by atoms with Crippen molar-refractivity contribution in [3.05, 3.63) is 30.0 Å². The van der Waals surface area contributed by atoms with Crippen LogP contribution >= 0.6 is 113 Å². The summed E-state index contributed by atoms with van der Waals surface area (Å²) < 4.78 is 14.5. The van der Waals surface area contributed by atoms with E-state index in [9.17, 15) is 0 Å². The topological polar surface area (TPSA) is 0 Å². The van der Waals surface area contributed by atoms with E-state index in [1.807, 2.05) is 68.0 Å². The fraction of sp³-hybridized carbons (Fsp3) is 0. The Balaban J connectivity index is 1.58. The van der Waals surface area contributed by atoms with E-state index >= 15 is 0 Å². The predicted octanol–water partition coefficient (Wildman–Crippen LogP) is 9.54. The molecule has 24 heavy (non-hydrogen) atoms. The first-order valence-electron chi connectivity index (χ1n) is 6.89. The maximum absolute atomic E-state index is 2.43. The quantitative estimate of drug-likeness (QED) is 0.157. The van der Waals surface area contributed by atoms with Gasteiger partial charge in [-0.05, 0) is 69.4 Å². The van der Waals surface area contributed by atoms with Crippen LogP contribution in [0.25, 0.3) is 47.4 Å². The molecule has 0 aromatic carbocycles. The number of thiophene rings is 6. The second-order valence-electron chi connectivity index (χ2n) is 5.30. The molecular formula is C16H4I2S6. The summed E-state index contributed by atoms with van der Waals surface area (Å²) >= 11 is 16.5. The predicted molar refractivity (Wildman–Crippen MR) is 135 cm³/mol. The maximum atomic E-state index is 2.43. The fourth-order valence-electron chi connectivity index (χ4n) is 2.86. The molecule has 6 aromatic rings. The van der Waals surface area contributed by atoms with Gasteiger partial charge < -0.3 is 0 Å². The van der Waals surface area contributed by atoms with Crippen molar-refractivity contribution in [1.29, 1.82) is 0 Å². The Morgan fingerprint density at radius 2 is 0.833 bits per heavy atom. The Morgan fingerprint density at radius 3 is 1.29 bits per heavy atom. The standard InChI is InChI=1S/C16H4I2S6/c17-11-3-9-15(23-11)13-7(19-9)1-5(21-13)6-2-8-14(22-6)16-10(20-8)4-12(18)24-16/h1-4H. The average molecular weight is 642 g/mol. The molecule has 0 spiro atoms. The third-order valence-corrected chi connectivity index (χ3v) is 13.1. The molecule has 0 amide bonds. The first kappa shape index (κ1) is 15.7. The molecule has 0 aliphatic carbocycles. The van der Waals surface area contributed by atoms with E-state index in [1.54, 1.807) is 0 Å². The molecule has 118 valence electrons. The molecule has 0 nitrogen and oxygen atoms in total. The highest BCUT2D eigenvalue weighted by Gasteiger charge is 2.17. The van der Waals surface area contributed by atoms with E-state index in [1.165, 1.54) is 53.1 Å². The van der Waals surface area contributed by atoms with Gasteiger partial charge in [-0.25, -0.2) is 0 Å². The number of fused-ring (bicyclic) bond motifs is 6. The lowest BCUT2D eigenvalue weighted by atomic mass is 10.3. The fourth-order valence-corrected chi connectivity index (χ4v) is 12.8. The number of rotatable bonds is 1. The lowest BCUT2D eigenvalue weighted by Crippen LogP contribution is -1.57. The van der Waals surface area contributed by atoms with Gasteiger partial charge in [0.1, 0.15) is 0 Å². The molecule has 6 heterocycles. The SMILES string of the molecule is Ic1cc2sc3cc(-c4cc5sc6cc(I)sc6c5s4)sc3c2s1. The van der Waals surface area contributed by atoms with Gasteiger partial charge >= 0.3 is 0 Å². The lowest BCUT2D eigenvalue weighted by Gasteiger charge is -1.88. The first-order valence-corrected chi connectivity index (χ1v) is 13.9. The van der Waals surface area contributed by atoms with E-state index in [0.717, 1.165) is 0 Å². The molecule has 0 saturated heterocycles. The van der Waals surface area contributed by atoms with E-state index < -0.39 is 0 Å². The second kappa shape index (κ2) is 5.60. The minimum absolute atomic E-state index is 1.39. The average Bonchev–Trinajstić information content (AvgIpc) is 3.26. The van der Waals surface area contributed by atoms with Gasteiger partial charge in [-0.2, -0.15) is 0 Å². The summed E-state index contributed by atoms with van der Waals surface area (Å²) in [5.74, 6) is 0. The summed E-state index contributed by atoms with van der Waals surface area (Å²) in [6.07, 6.45) is 0. The van der Waals surface area contributed by atoms with Gasteiger partial charge in [-0.1, -0.05) is 0 Å². The van der Waals surface area contributed by atoms with Crippen molar-refractivity contribution < 1.29 is 0 Å². The molecule has 6 aromatic heterocycles. The first-order chi connectivity index (χ1) is 11.7. The van der Waals surface area contributed by atoms with Crippen LogP contribution in [0, 0.1) is 5.77 Å². The highest BCUT2D eigenvalue weighted by molar-refractivity contribution is 14.1. The molecule has 0 N–H and O–H groups in total. The molecular weight excluding hydrogens is 638 g/mol. The largest absolute Gasteiger partial charge is 0.133 e. The zero-order chi connectivity index (χ0) is 16.0. The van der Waals surface area contributed by atoms with Crippen LogP contribution < -0.4 is 0 Å². The summed E-state index contributed by atoms with van der Waals surface area (Å²) in [6.45, 7) is 0. The summed E-state index contributed by atoms with van der Waals surface area (Å²) in [7, 11) is 0. The molecule has 0 aliphatic rings. The van der Waals surface area contributed by atoms with Crippen molar-refractivity contribution >= 4 is 151 Å². The molecule has 0 fully saturated rings. The van der Waals surface area contributed by atoms with Gasteiger partial charge in [0.25, 0.3) is 0 Å². The van der Waals surface area contributed by atoms with Crippen LogP contribution in [0.4, 0.5) is 0 Å². The van der Waals surface area contributed by atoms with Crippen LogP contribution in [0.1, 0.15) is 0 Å². The molecule has 0 unspecified atom stereocenters. The van der Waals surface area contributed by atoms with Gasteiger partial charge in [0.2, 0.25) is 0 Å². The molecule has 0 atom stereocenters. The number of halogens is 2. The normalized spacial score (nSPS) is 12.6. The van der Waals surface area contributed by atoms with E-state index in [0.29, 0.717) is 0 Å². The van der Waals surface area contributed by atoms with E-state index in [2.05, 4.69) is 69.4 Å². The highest BCUT2D eigenvalue weighted by Crippen LogP contribution is 2.50. The van der Waals surface area contributed by atoms with Crippen molar-refractivity contribution in [2.24, 2.45) is 0 Å². The van der Waals surface area contributed by atoms with Gasteiger partial charge in [0.05, 0.1) is 24.6 Å². The molecule has 0 saturated carbocycles. The van der Waals surface area contributed by atoms with Crippen molar-refractivity contribution in [1.82, 2.24) is 0 Å². The second-order valence-corrected chi connectivity index (χ2v) is 15.5. The number of hydrogen-bond acceptors (Lipinski definition) is 6. The zero-order valence-corrected chi connectivity index (χ0v) is 20.7. The molecule has 8 heteroatoms. The Morgan fingerprint density at radius 1 is 0.458 bits per heavy atom.